The van der Waals surface area contributed by atoms with E-state index in [2.05, 4.69) is 23.8 Å². The fourth-order valence-electron chi connectivity index (χ4n) is 4.18. The van der Waals surface area contributed by atoms with E-state index in [0.29, 0.717) is 34.9 Å². The number of nitrogens with one attached hydrogen (secondary N) is 1. The molecule has 5 rings (SSSR count). The lowest BCUT2D eigenvalue weighted by Gasteiger charge is -2.23. The van der Waals surface area contributed by atoms with Gasteiger partial charge in [-0.05, 0) is 47.9 Å². The van der Waals surface area contributed by atoms with Gasteiger partial charge in [0.15, 0.2) is 0 Å². The number of ketones is 1. The topological polar surface area (TPSA) is 95.5 Å². The average molecular weight is 468 g/mol. The first-order valence-electron chi connectivity index (χ1n) is 11.5. The van der Waals surface area contributed by atoms with Crippen LogP contribution in [0.3, 0.4) is 0 Å². The number of anilines is 1. The Kier molecular flexibility index (Phi) is 5.82. The van der Waals surface area contributed by atoms with E-state index in [1.807, 2.05) is 54.6 Å². The average Bonchev–Trinajstić information content (AvgIpc) is 3.41. The molecule has 4 aromatic rings. The van der Waals surface area contributed by atoms with Gasteiger partial charge in [0.2, 0.25) is 5.95 Å². The first kappa shape index (κ1) is 22.4. The Morgan fingerprint density at radius 3 is 2.37 bits per heavy atom. The molecule has 35 heavy (non-hydrogen) atoms. The summed E-state index contributed by atoms with van der Waals surface area (Å²) in [5.41, 5.74) is 2.54. The summed E-state index contributed by atoms with van der Waals surface area (Å²) in [6.07, 6.45) is 0. The molecule has 0 aliphatic carbocycles. The Balaban J connectivity index is 1.61. The number of aromatic nitrogens is 2. The molecule has 7 nitrogen and oxygen atoms in total. The van der Waals surface area contributed by atoms with Crippen molar-refractivity contribution in [1.82, 2.24) is 9.97 Å². The van der Waals surface area contributed by atoms with Gasteiger partial charge in [0, 0.05) is 5.56 Å². The number of para-hydroxylation sites is 2. The Bertz CT molecular complexity index is 1390. The summed E-state index contributed by atoms with van der Waals surface area (Å²) < 4.78 is 5.72. The molecule has 3 aromatic carbocycles. The molecular formula is C28H25N3O4. The van der Waals surface area contributed by atoms with Gasteiger partial charge in [-0.15, -0.1) is 0 Å². The molecule has 0 radical (unpaired) electrons. The number of H-pyrrole nitrogens is 1. The molecule has 1 aliphatic heterocycles. The van der Waals surface area contributed by atoms with E-state index in [-0.39, 0.29) is 17.3 Å². The zero-order valence-corrected chi connectivity index (χ0v) is 19.4. The van der Waals surface area contributed by atoms with Crippen molar-refractivity contribution in [2.75, 3.05) is 11.5 Å². The number of Topliss-reactive ketones (excluding diaryl/α,β-unsaturated/α-hetero) is 1. The monoisotopic (exact) mass is 467 g/mol. The molecule has 2 heterocycles. The Morgan fingerprint density at radius 1 is 1.00 bits per heavy atom. The fourth-order valence-corrected chi connectivity index (χ4v) is 4.18. The number of carbonyl (C=O) groups is 2. The highest BCUT2D eigenvalue weighted by Crippen LogP contribution is 2.41. The highest BCUT2D eigenvalue weighted by Gasteiger charge is 2.48. The normalized spacial score (nSPS) is 17.5. The van der Waals surface area contributed by atoms with Crippen molar-refractivity contribution in [3.05, 3.63) is 95.6 Å². The van der Waals surface area contributed by atoms with Gasteiger partial charge in [-0.3, -0.25) is 14.5 Å². The molecule has 1 saturated heterocycles. The van der Waals surface area contributed by atoms with Crippen LogP contribution in [-0.4, -0.2) is 33.4 Å². The van der Waals surface area contributed by atoms with Gasteiger partial charge in [0.05, 0.1) is 29.3 Å². The molecule has 2 N–H and O–H groups in total. The van der Waals surface area contributed by atoms with E-state index in [4.69, 9.17) is 4.74 Å². The minimum absolute atomic E-state index is 0.0116. The third-order valence-corrected chi connectivity index (χ3v) is 5.88. The fraction of sp³-hybridized carbons (Fsp3) is 0.179. The molecule has 1 aromatic heterocycles. The molecule has 1 atom stereocenters. The number of amides is 1. The molecule has 0 saturated carbocycles. The molecule has 1 fully saturated rings. The predicted molar refractivity (Wildman–Crippen MR) is 134 cm³/mol. The first-order chi connectivity index (χ1) is 16.9. The van der Waals surface area contributed by atoms with E-state index < -0.39 is 17.7 Å². The van der Waals surface area contributed by atoms with Gasteiger partial charge in [0.1, 0.15) is 11.5 Å². The zero-order chi connectivity index (χ0) is 24.5. The number of imidazole rings is 1. The number of rotatable bonds is 6. The number of hydrogen-bond acceptors (Lipinski definition) is 5. The first-order valence-corrected chi connectivity index (χ1v) is 11.5. The van der Waals surface area contributed by atoms with Crippen LogP contribution in [-0.2, 0) is 9.59 Å². The highest BCUT2D eigenvalue weighted by atomic mass is 16.5. The second kappa shape index (κ2) is 9.10. The number of carbonyl (C=O) groups excluding carboxylic acids is 2. The molecule has 1 aliphatic rings. The smallest absolute Gasteiger partial charge is 0.302 e. The maximum Gasteiger partial charge on any atom is 0.302 e. The summed E-state index contributed by atoms with van der Waals surface area (Å²) in [6.45, 7) is 4.69. The third kappa shape index (κ3) is 4.17. The van der Waals surface area contributed by atoms with Gasteiger partial charge in [0.25, 0.3) is 5.78 Å². The second-order valence-electron chi connectivity index (χ2n) is 8.89. The Hall–Kier alpha value is -4.39. The number of aliphatic hydroxyl groups excluding tert-OH is 1. The van der Waals surface area contributed by atoms with Crippen LogP contribution in [0.25, 0.3) is 16.8 Å². The number of ether oxygens (including phenoxy) is 1. The molecule has 1 amide bonds. The summed E-state index contributed by atoms with van der Waals surface area (Å²) in [6, 6.07) is 22.5. The van der Waals surface area contributed by atoms with Crippen LogP contribution < -0.4 is 9.64 Å². The van der Waals surface area contributed by atoms with E-state index >= 15 is 0 Å². The third-order valence-electron chi connectivity index (χ3n) is 5.88. The van der Waals surface area contributed by atoms with Gasteiger partial charge in [-0.25, -0.2) is 4.98 Å². The number of benzene rings is 3. The van der Waals surface area contributed by atoms with Gasteiger partial charge >= 0.3 is 5.91 Å². The number of hydrogen-bond donors (Lipinski definition) is 2. The number of nitrogens with zero attached hydrogens (tertiary/aromatic N) is 2. The van der Waals surface area contributed by atoms with Crippen LogP contribution in [0.4, 0.5) is 5.95 Å². The zero-order valence-electron chi connectivity index (χ0n) is 19.4. The maximum absolute atomic E-state index is 13.3. The molecule has 1 unspecified atom stereocenters. The van der Waals surface area contributed by atoms with Crippen molar-refractivity contribution in [2.45, 2.75) is 19.9 Å². The largest absolute Gasteiger partial charge is 0.507 e. The van der Waals surface area contributed by atoms with Crippen molar-refractivity contribution >= 4 is 34.4 Å². The van der Waals surface area contributed by atoms with Gasteiger partial charge in [-0.1, -0.05) is 56.3 Å². The minimum Gasteiger partial charge on any atom is -0.507 e. The van der Waals surface area contributed by atoms with E-state index in [1.54, 1.807) is 24.3 Å². The number of aliphatic hydroxyl groups is 1. The SMILES string of the molecule is CC(C)COc1ccc(/C(O)=C2\C(=O)C(=O)N(c3nc4ccccc4[nH]3)C2c2ccccc2)cc1. The Morgan fingerprint density at radius 2 is 1.69 bits per heavy atom. The molecule has 0 bridgehead atoms. The lowest BCUT2D eigenvalue weighted by atomic mass is 9.95. The molecule has 7 heteroatoms. The van der Waals surface area contributed by atoms with E-state index in [9.17, 15) is 14.7 Å². The number of fused-ring (bicyclic) bond motifs is 1. The molecule has 0 spiro atoms. The van der Waals surface area contributed by atoms with E-state index in [1.165, 1.54) is 4.90 Å². The summed E-state index contributed by atoms with van der Waals surface area (Å²) in [5, 5.41) is 11.3. The number of aromatic amines is 1. The van der Waals surface area contributed by atoms with E-state index in [0.717, 1.165) is 5.52 Å². The summed E-state index contributed by atoms with van der Waals surface area (Å²) in [5.74, 6) is -0.473. The van der Waals surface area contributed by atoms with Crippen LogP contribution in [0.5, 0.6) is 5.75 Å². The Labute approximate surface area is 202 Å². The lowest BCUT2D eigenvalue weighted by molar-refractivity contribution is -0.132. The van der Waals surface area contributed by atoms with Crippen molar-refractivity contribution in [1.29, 1.82) is 0 Å². The summed E-state index contributed by atoms with van der Waals surface area (Å²) in [4.78, 5) is 35.5. The van der Waals surface area contributed by atoms with Crippen molar-refractivity contribution in [3.63, 3.8) is 0 Å². The van der Waals surface area contributed by atoms with Gasteiger partial charge < -0.3 is 14.8 Å². The van der Waals surface area contributed by atoms with Crippen molar-refractivity contribution < 1.29 is 19.4 Å². The van der Waals surface area contributed by atoms with Crippen molar-refractivity contribution in [2.24, 2.45) is 5.92 Å². The minimum atomic E-state index is -0.839. The van der Waals surface area contributed by atoms with Crippen LogP contribution in [0.2, 0.25) is 0 Å². The molecule has 176 valence electrons. The van der Waals surface area contributed by atoms with Crippen LogP contribution >= 0.6 is 0 Å². The van der Waals surface area contributed by atoms with Gasteiger partial charge in [-0.2, -0.15) is 0 Å². The predicted octanol–water partition coefficient (Wildman–Crippen LogP) is 5.22. The summed E-state index contributed by atoms with van der Waals surface area (Å²) in [7, 11) is 0. The van der Waals surface area contributed by atoms with Crippen LogP contribution in [0.15, 0.2) is 84.4 Å². The lowest BCUT2D eigenvalue weighted by Crippen LogP contribution is -2.30. The highest BCUT2D eigenvalue weighted by molar-refractivity contribution is 6.51. The van der Waals surface area contributed by atoms with Crippen LogP contribution in [0.1, 0.15) is 31.0 Å². The summed E-state index contributed by atoms with van der Waals surface area (Å²) >= 11 is 0. The van der Waals surface area contributed by atoms with Crippen molar-refractivity contribution in [3.8, 4) is 5.75 Å². The quantitative estimate of drug-likeness (QED) is 0.230. The van der Waals surface area contributed by atoms with Crippen LogP contribution in [0, 0.1) is 5.92 Å². The second-order valence-corrected chi connectivity index (χ2v) is 8.89. The molecular weight excluding hydrogens is 442 g/mol. The maximum atomic E-state index is 13.3. The standard InChI is InChI=1S/C28H25N3O4/c1-17(2)16-35-20-14-12-19(13-15-20)25(32)23-24(18-8-4-3-5-9-18)31(27(34)26(23)33)28-29-21-10-6-7-11-22(21)30-28/h3-15,17,24,32H,16H2,1-2H3,(H,29,30)/b25-23+.